The Morgan fingerprint density at radius 1 is 0.524 bits per heavy atom. The Morgan fingerprint density at radius 2 is 0.810 bits per heavy atom. The third kappa shape index (κ3) is 2.93. The highest BCUT2D eigenvalue weighted by Crippen LogP contribution is 2.43. The summed E-state index contributed by atoms with van der Waals surface area (Å²) in [5.74, 6) is -18.5. The lowest BCUT2D eigenvalue weighted by molar-refractivity contribution is -0.180. The fraction of sp³-hybridized carbons (Fsp3) is 0.545. The summed E-state index contributed by atoms with van der Waals surface area (Å²) < 4.78 is 0. The summed E-state index contributed by atoms with van der Waals surface area (Å²) in [6.45, 7) is 0. The predicted molar refractivity (Wildman–Crippen MR) is 60.2 cm³/mol. The van der Waals surface area contributed by atoms with Crippen molar-refractivity contribution >= 4 is 29.8 Å². The molecule has 21 heavy (non-hydrogen) atoms. The summed E-state index contributed by atoms with van der Waals surface area (Å²) in [6.07, 6.45) is -0.762. The molecule has 1 rings (SSSR count). The van der Waals surface area contributed by atoms with E-state index in [1.165, 1.54) is 0 Å². The summed E-state index contributed by atoms with van der Waals surface area (Å²) in [6, 6.07) is 0. The fourth-order valence-corrected chi connectivity index (χ4v) is 2.76. The zero-order valence-electron chi connectivity index (χ0n) is 10.4. The topological polar surface area (TPSA) is 186 Å². The van der Waals surface area contributed by atoms with Gasteiger partial charge in [0.05, 0.1) is 29.6 Å². The maximum Gasteiger partial charge on any atom is 0.308 e. The van der Waals surface area contributed by atoms with E-state index in [1.807, 2.05) is 0 Å². The van der Waals surface area contributed by atoms with Crippen molar-refractivity contribution in [2.45, 2.75) is 6.42 Å². The SMILES string of the molecule is O=C(O)C1[C@@H](C(=O)O)[C@H](C(=O)O)C[C@@H](C(=O)O)[C@H]1C(=O)O. The van der Waals surface area contributed by atoms with Gasteiger partial charge in [0, 0.05) is 0 Å². The highest BCUT2D eigenvalue weighted by Gasteiger charge is 2.58. The van der Waals surface area contributed by atoms with Crippen LogP contribution in [0.2, 0.25) is 0 Å². The number of carbonyl (C=O) groups is 5. The minimum absolute atomic E-state index is 0.762. The van der Waals surface area contributed by atoms with Crippen LogP contribution < -0.4 is 0 Å². The van der Waals surface area contributed by atoms with Crippen LogP contribution in [0.3, 0.4) is 0 Å². The van der Waals surface area contributed by atoms with Gasteiger partial charge in [-0.2, -0.15) is 0 Å². The summed E-state index contributed by atoms with van der Waals surface area (Å²) in [7, 11) is 0. The molecule has 10 heteroatoms. The summed E-state index contributed by atoms with van der Waals surface area (Å²) in [4.78, 5) is 55.7. The quantitative estimate of drug-likeness (QED) is 0.417. The molecule has 1 aliphatic carbocycles. The van der Waals surface area contributed by atoms with Gasteiger partial charge in [0.1, 0.15) is 0 Å². The lowest BCUT2D eigenvalue weighted by Gasteiger charge is -2.38. The van der Waals surface area contributed by atoms with Gasteiger partial charge in [0.15, 0.2) is 0 Å². The minimum Gasteiger partial charge on any atom is -0.481 e. The van der Waals surface area contributed by atoms with Crippen LogP contribution in [0.5, 0.6) is 0 Å². The van der Waals surface area contributed by atoms with Crippen LogP contribution >= 0.6 is 0 Å². The van der Waals surface area contributed by atoms with E-state index < -0.39 is 65.9 Å². The number of carboxylic acid groups (broad SMARTS) is 5. The zero-order chi connectivity index (χ0) is 16.5. The van der Waals surface area contributed by atoms with Crippen molar-refractivity contribution in [3.63, 3.8) is 0 Å². The third-order valence-corrected chi connectivity index (χ3v) is 3.64. The Bertz CT molecular complexity index is 471. The first kappa shape index (κ1) is 16.4. The summed E-state index contributed by atoms with van der Waals surface area (Å²) in [5.41, 5.74) is 0. The number of hydrogen-bond acceptors (Lipinski definition) is 5. The molecule has 1 saturated carbocycles. The van der Waals surface area contributed by atoms with Crippen LogP contribution in [0, 0.1) is 29.6 Å². The van der Waals surface area contributed by atoms with Crippen molar-refractivity contribution in [3.05, 3.63) is 0 Å². The molecule has 0 radical (unpaired) electrons. The van der Waals surface area contributed by atoms with Crippen LogP contribution in [-0.4, -0.2) is 55.4 Å². The summed E-state index contributed by atoms with van der Waals surface area (Å²) >= 11 is 0. The average molecular weight is 304 g/mol. The van der Waals surface area contributed by atoms with Gasteiger partial charge in [-0.25, -0.2) is 0 Å². The molecule has 0 aliphatic heterocycles. The van der Waals surface area contributed by atoms with Crippen LogP contribution in [0.15, 0.2) is 0 Å². The summed E-state index contributed by atoms with van der Waals surface area (Å²) in [5, 5.41) is 45.1. The Hall–Kier alpha value is -2.65. The Kier molecular flexibility index (Phi) is 4.51. The van der Waals surface area contributed by atoms with E-state index in [2.05, 4.69) is 0 Å². The van der Waals surface area contributed by atoms with Crippen molar-refractivity contribution in [1.29, 1.82) is 0 Å². The van der Waals surface area contributed by atoms with Crippen molar-refractivity contribution in [2.24, 2.45) is 29.6 Å². The van der Waals surface area contributed by atoms with Crippen LogP contribution in [-0.2, 0) is 24.0 Å². The Morgan fingerprint density at radius 3 is 1.00 bits per heavy atom. The molecule has 5 atom stereocenters. The molecule has 5 N–H and O–H groups in total. The van der Waals surface area contributed by atoms with Gasteiger partial charge in [-0.1, -0.05) is 0 Å². The first-order valence-corrected chi connectivity index (χ1v) is 5.73. The molecule has 0 saturated heterocycles. The monoisotopic (exact) mass is 304 g/mol. The lowest BCUT2D eigenvalue weighted by Crippen LogP contribution is -2.53. The van der Waals surface area contributed by atoms with Gasteiger partial charge in [0.25, 0.3) is 0 Å². The van der Waals surface area contributed by atoms with Gasteiger partial charge < -0.3 is 25.5 Å². The molecule has 116 valence electrons. The minimum atomic E-state index is -2.14. The molecule has 0 aromatic carbocycles. The largest absolute Gasteiger partial charge is 0.481 e. The second kappa shape index (κ2) is 5.77. The van der Waals surface area contributed by atoms with E-state index in [9.17, 15) is 24.0 Å². The number of rotatable bonds is 5. The van der Waals surface area contributed by atoms with Gasteiger partial charge in [-0.05, 0) is 6.42 Å². The second-order valence-electron chi connectivity index (χ2n) is 4.72. The normalized spacial score (nSPS) is 32.1. The average Bonchev–Trinajstić information content (AvgIpc) is 2.34. The maximum absolute atomic E-state index is 11.2. The lowest BCUT2D eigenvalue weighted by atomic mass is 9.61. The molecule has 0 spiro atoms. The molecular weight excluding hydrogens is 292 g/mol. The number of aliphatic carboxylic acids is 5. The van der Waals surface area contributed by atoms with E-state index in [1.54, 1.807) is 0 Å². The molecule has 1 aliphatic rings. The van der Waals surface area contributed by atoms with Crippen LogP contribution in [0.1, 0.15) is 6.42 Å². The van der Waals surface area contributed by atoms with E-state index in [0.717, 1.165) is 0 Å². The third-order valence-electron chi connectivity index (χ3n) is 3.64. The van der Waals surface area contributed by atoms with E-state index in [-0.39, 0.29) is 0 Å². The highest BCUT2D eigenvalue weighted by molar-refractivity contribution is 5.92. The molecule has 0 heterocycles. The molecule has 1 fully saturated rings. The molecule has 0 aromatic rings. The zero-order valence-corrected chi connectivity index (χ0v) is 10.4. The first-order chi connectivity index (χ1) is 9.59. The highest BCUT2D eigenvalue weighted by atomic mass is 16.4. The van der Waals surface area contributed by atoms with Gasteiger partial charge >= 0.3 is 29.8 Å². The van der Waals surface area contributed by atoms with E-state index >= 15 is 0 Å². The van der Waals surface area contributed by atoms with E-state index in [0.29, 0.717) is 0 Å². The molecule has 0 aromatic heterocycles. The van der Waals surface area contributed by atoms with Crippen molar-refractivity contribution < 1.29 is 49.5 Å². The molecule has 1 unspecified atom stereocenters. The van der Waals surface area contributed by atoms with Crippen molar-refractivity contribution in [2.75, 3.05) is 0 Å². The van der Waals surface area contributed by atoms with E-state index in [4.69, 9.17) is 25.5 Å². The smallest absolute Gasteiger partial charge is 0.308 e. The molecular formula is C11H12O10. The fourth-order valence-electron chi connectivity index (χ4n) is 2.76. The number of hydrogen-bond donors (Lipinski definition) is 5. The van der Waals surface area contributed by atoms with Gasteiger partial charge in [-0.3, -0.25) is 24.0 Å². The second-order valence-corrected chi connectivity index (χ2v) is 4.72. The molecule has 10 nitrogen and oxygen atoms in total. The van der Waals surface area contributed by atoms with Crippen LogP contribution in [0.4, 0.5) is 0 Å². The first-order valence-electron chi connectivity index (χ1n) is 5.73. The molecule has 0 amide bonds. The van der Waals surface area contributed by atoms with Gasteiger partial charge in [0.2, 0.25) is 0 Å². The Balaban J connectivity index is 3.45. The predicted octanol–water partition coefficient (Wildman–Crippen LogP) is -1.11. The Labute approximate surface area is 116 Å². The standard InChI is InChI=1S/C11H12O10/c12-7(13)2-1-3(8(14)15)5(10(18)19)6(11(20)21)4(2)9(16)17/h2-6H,1H2,(H,12,13)(H,14,15)(H,16,17)(H,18,19)(H,20,21)/t2-,3-,4-,5+,6?/m1/s1. The van der Waals surface area contributed by atoms with Crippen LogP contribution in [0.25, 0.3) is 0 Å². The maximum atomic E-state index is 11.2. The van der Waals surface area contributed by atoms with Gasteiger partial charge in [-0.15, -0.1) is 0 Å². The van der Waals surface area contributed by atoms with Crippen molar-refractivity contribution in [1.82, 2.24) is 0 Å². The molecule has 0 bridgehead atoms. The number of carboxylic acids is 5. The van der Waals surface area contributed by atoms with Crippen molar-refractivity contribution in [3.8, 4) is 0 Å².